The van der Waals surface area contributed by atoms with E-state index in [1.54, 1.807) is 12.2 Å². The number of aliphatic hydroxyl groups excluding tert-OH is 7. The number of rotatable bonds is 37. The number of carbonyl (C=O) groups excluding carboxylic acids is 2. The third-order valence-corrected chi connectivity index (χ3v) is 11.6. The number of allylic oxidation sites excluding steroid dienone is 9. The molecule has 2 heterocycles. The highest BCUT2D eigenvalue weighted by atomic mass is 16.7. The lowest BCUT2D eigenvalue weighted by molar-refractivity contribution is -0.332. The minimum absolute atomic E-state index is 0.176. The van der Waals surface area contributed by atoms with Crippen molar-refractivity contribution < 1.29 is 73.8 Å². The van der Waals surface area contributed by atoms with Crippen molar-refractivity contribution in [3.8, 4) is 0 Å². The maximum Gasteiger partial charge on any atom is 0.331 e. The Hall–Kier alpha value is -2.80. The minimum Gasteiger partial charge on any atom is -0.462 e. The predicted molar refractivity (Wildman–Crippen MR) is 252 cm³/mol. The number of aliphatic hydroxyl groups is 7. The molecule has 2 fully saturated rings. The minimum atomic E-state index is -1.78. The molecular formula is C51H86O15. The van der Waals surface area contributed by atoms with Crippen LogP contribution in [-0.4, -0.2) is 142 Å². The molecule has 0 amide bonds. The molecule has 0 aliphatic carbocycles. The maximum absolute atomic E-state index is 12.9. The predicted octanol–water partition coefficient (Wildman–Crippen LogP) is 6.49. The number of esters is 2. The van der Waals surface area contributed by atoms with Crippen LogP contribution in [0.2, 0.25) is 0 Å². The number of carbonyl (C=O) groups is 2. The van der Waals surface area contributed by atoms with E-state index in [1.165, 1.54) is 63.9 Å². The van der Waals surface area contributed by atoms with Gasteiger partial charge in [-0.15, -0.1) is 0 Å². The van der Waals surface area contributed by atoms with Crippen molar-refractivity contribution in [2.45, 2.75) is 223 Å². The summed E-state index contributed by atoms with van der Waals surface area (Å²) in [5, 5.41) is 72.0. The number of ether oxygens (including phenoxy) is 6. The molecule has 15 nitrogen and oxygen atoms in total. The highest BCUT2D eigenvalue weighted by Gasteiger charge is 2.47. The first kappa shape index (κ1) is 59.3. The van der Waals surface area contributed by atoms with E-state index in [-0.39, 0.29) is 13.0 Å². The van der Waals surface area contributed by atoms with E-state index in [0.717, 1.165) is 70.6 Å². The Morgan fingerprint density at radius 1 is 0.545 bits per heavy atom. The number of unbranched alkanes of at least 4 members (excludes halogenated alkanes) is 16. The molecule has 2 aliphatic rings. The SMILES string of the molecule is CC/C=C/C/C=C/C/C=C/CCCCCCCC(=O)OC[C@H](CO[C@@H]1O[C@H](CO[C@@H]2O[C@H](CO)[C@H](O)C(O)C2O)[C@H](O)C(O)C1O)OC(=O)/C=C/C=C/CCCCCCCCCCCCC. The van der Waals surface area contributed by atoms with Gasteiger partial charge in [-0.2, -0.15) is 0 Å². The molecule has 2 aliphatic heterocycles. The standard InChI is InChI=1S/C51H86O15/c1-3-5-7-9-11-13-15-17-19-21-23-25-27-29-31-33-42(53)61-36-39(64-43(54)34-32-30-28-26-24-22-20-18-16-14-12-10-8-6-4-2)37-62-50-49(60)47(58)45(56)41(66-50)38-63-51-48(59)46(57)44(55)40(35-52)65-51/h5,7,11,13,17,19,28,30,32,34,39-41,44-52,55-60H,3-4,6,8-10,12,14-16,18,20-27,29,31,33,35-38H2,1-2H3/b7-5+,13-11+,19-17+,30-28+,34-32+/t39-,40-,41-,44+,45+,46?,47?,48?,49?,50-,51-/m1/s1. The fourth-order valence-corrected chi connectivity index (χ4v) is 7.49. The van der Waals surface area contributed by atoms with Crippen LogP contribution in [0.1, 0.15) is 155 Å². The van der Waals surface area contributed by atoms with Gasteiger partial charge in [0.15, 0.2) is 18.7 Å². The summed E-state index contributed by atoms with van der Waals surface area (Å²) >= 11 is 0. The molecule has 7 N–H and O–H groups in total. The molecule has 0 aromatic rings. The molecule has 0 spiro atoms. The third kappa shape index (κ3) is 26.1. The van der Waals surface area contributed by atoms with Crippen LogP contribution in [-0.2, 0) is 38.0 Å². The van der Waals surface area contributed by atoms with Crippen molar-refractivity contribution in [3.63, 3.8) is 0 Å². The molecule has 2 saturated heterocycles. The van der Waals surface area contributed by atoms with E-state index in [1.807, 2.05) is 6.08 Å². The summed E-state index contributed by atoms with van der Waals surface area (Å²) in [6, 6.07) is 0. The van der Waals surface area contributed by atoms with E-state index in [2.05, 4.69) is 50.3 Å². The lowest BCUT2D eigenvalue weighted by Gasteiger charge is -2.42. The van der Waals surface area contributed by atoms with Gasteiger partial charge in [0, 0.05) is 12.5 Å². The monoisotopic (exact) mass is 939 g/mol. The lowest BCUT2D eigenvalue weighted by Crippen LogP contribution is -2.61. The molecule has 380 valence electrons. The summed E-state index contributed by atoms with van der Waals surface area (Å²) in [7, 11) is 0. The average Bonchev–Trinajstić information content (AvgIpc) is 3.31. The van der Waals surface area contributed by atoms with E-state index < -0.39 is 99.3 Å². The summed E-state index contributed by atoms with van der Waals surface area (Å²) in [5.74, 6) is -1.20. The number of hydrogen-bond acceptors (Lipinski definition) is 15. The first-order chi connectivity index (χ1) is 32.0. The Morgan fingerprint density at radius 3 is 1.67 bits per heavy atom. The van der Waals surface area contributed by atoms with Crippen LogP contribution >= 0.6 is 0 Å². The Kier molecular flexibility index (Phi) is 34.2. The van der Waals surface area contributed by atoms with Crippen LogP contribution in [0.5, 0.6) is 0 Å². The van der Waals surface area contributed by atoms with Gasteiger partial charge in [0.1, 0.15) is 55.4 Å². The second kappa shape index (κ2) is 38.1. The maximum atomic E-state index is 12.9. The molecule has 15 heteroatoms. The highest BCUT2D eigenvalue weighted by molar-refractivity contribution is 5.82. The number of hydrogen-bond donors (Lipinski definition) is 7. The summed E-state index contributed by atoms with van der Waals surface area (Å²) < 4.78 is 33.3. The van der Waals surface area contributed by atoms with Crippen LogP contribution in [0.4, 0.5) is 0 Å². The second-order valence-electron chi connectivity index (χ2n) is 17.3. The Labute approximate surface area is 394 Å². The van der Waals surface area contributed by atoms with E-state index in [4.69, 9.17) is 28.4 Å². The zero-order chi connectivity index (χ0) is 48.2. The summed E-state index contributed by atoms with van der Waals surface area (Å²) in [4.78, 5) is 25.6. The zero-order valence-corrected chi connectivity index (χ0v) is 39.9. The van der Waals surface area contributed by atoms with Gasteiger partial charge in [-0.05, 0) is 51.4 Å². The first-order valence-corrected chi connectivity index (χ1v) is 24.9. The molecule has 0 saturated carbocycles. The van der Waals surface area contributed by atoms with Crippen molar-refractivity contribution in [2.24, 2.45) is 0 Å². The van der Waals surface area contributed by atoms with Gasteiger partial charge >= 0.3 is 11.9 Å². The zero-order valence-electron chi connectivity index (χ0n) is 39.9. The molecule has 4 unspecified atom stereocenters. The summed E-state index contributed by atoms with van der Waals surface area (Å²) in [6.07, 6.45) is 26.0. The molecule has 0 radical (unpaired) electrons. The molecule has 0 aromatic carbocycles. The van der Waals surface area contributed by atoms with Gasteiger partial charge in [0.05, 0.1) is 19.8 Å². The molecule has 0 aromatic heterocycles. The van der Waals surface area contributed by atoms with Crippen LogP contribution in [0.3, 0.4) is 0 Å². The Morgan fingerprint density at radius 2 is 1.06 bits per heavy atom. The molecule has 0 bridgehead atoms. The fraction of sp³-hybridized carbons (Fsp3) is 0.765. The average molecular weight is 939 g/mol. The van der Waals surface area contributed by atoms with Gasteiger partial charge in [-0.25, -0.2) is 4.79 Å². The topological polar surface area (TPSA) is 231 Å². The van der Waals surface area contributed by atoms with Crippen LogP contribution in [0, 0.1) is 0 Å². The molecule has 11 atom stereocenters. The third-order valence-electron chi connectivity index (χ3n) is 11.6. The summed E-state index contributed by atoms with van der Waals surface area (Å²) in [5.41, 5.74) is 0. The van der Waals surface area contributed by atoms with Gasteiger partial charge in [-0.3, -0.25) is 4.79 Å². The van der Waals surface area contributed by atoms with E-state index >= 15 is 0 Å². The first-order valence-electron chi connectivity index (χ1n) is 24.9. The van der Waals surface area contributed by atoms with Gasteiger partial charge in [0.2, 0.25) is 0 Å². The normalized spacial score (nSPS) is 26.7. The van der Waals surface area contributed by atoms with Crippen molar-refractivity contribution in [3.05, 3.63) is 60.8 Å². The quantitative estimate of drug-likeness (QED) is 0.0116. The van der Waals surface area contributed by atoms with Crippen molar-refractivity contribution in [2.75, 3.05) is 26.4 Å². The Balaban J connectivity index is 1.87. The van der Waals surface area contributed by atoms with Crippen LogP contribution in [0.15, 0.2) is 60.8 Å². The smallest absolute Gasteiger partial charge is 0.331 e. The molecular weight excluding hydrogens is 853 g/mol. The van der Waals surface area contributed by atoms with Crippen molar-refractivity contribution in [1.29, 1.82) is 0 Å². The van der Waals surface area contributed by atoms with E-state index in [0.29, 0.717) is 6.42 Å². The van der Waals surface area contributed by atoms with Gasteiger partial charge in [0.25, 0.3) is 0 Å². The van der Waals surface area contributed by atoms with Crippen molar-refractivity contribution in [1.82, 2.24) is 0 Å². The second-order valence-corrected chi connectivity index (χ2v) is 17.3. The highest BCUT2D eigenvalue weighted by Crippen LogP contribution is 2.26. The Bertz CT molecular complexity index is 1380. The van der Waals surface area contributed by atoms with Crippen molar-refractivity contribution >= 4 is 11.9 Å². The fourth-order valence-electron chi connectivity index (χ4n) is 7.49. The molecule has 2 rings (SSSR count). The van der Waals surface area contributed by atoms with E-state index in [9.17, 15) is 45.3 Å². The van der Waals surface area contributed by atoms with Crippen LogP contribution in [0.25, 0.3) is 0 Å². The largest absolute Gasteiger partial charge is 0.462 e. The summed E-state index contributed by atoms with van der Waals surface area (Å²) in [6.45, 7) is 2.33. The van der Waals surface area contributed by atoms with Gasteiger partial charge in [-0.1, -0.05) is 152 Å². The lowest BCUT2D eigenvalue weighted by atomic mass is 9.98. The molecule has 66 heavy (non-hydrogen) atoms. The van der Waals surface area contributed by atoms with Gasteiger partial charge < -0.3 is 64.2 Å². The van der Waals surface area contributed by atoms with Crippen LogP contribution < -0.4 is 0 Å².